The Kier molecular flexibility index (Phi) is 6.39. The Labute approximate surface area is 201 Å². The molecule has 5 nitrogen and oxygen atoms in total. The number of hydrogen-bond donors (Lipinski definition) is 2. The Morgan fingerprint density at radius 1 is 1.03 bits per heavy atom. The number of halogens is 1. The van der Waals surface area contributed by atoms with Crippen LogP contribution in [-0.4, -0.2) is 20.8 Å². The number of anilines is 1. The zero-order valence-corrected chi connectivity index (χ0v) is 20.5. The van der Waals surface area contributed by atoms with Crippen LogP contribution in [-0.2, 0) is 13.5 Å². The second-order valence-electron chi connectivity index (χ2n) is 7.70. The van der Waals surface area contributed by atoms with Crippen LogP contribution in [0.15, 0.2) is 65.1 Å². The van der Waals surface area contributed by atoms with Crippen molar-refractivity contribution in [2.24, 2.45) is 7.05 Å². The molecular weight excluding hydrogens is 484 g/mol. The van der Waals surface area contributed by atoms with Crippen LogP contribution < -0.4 is 10.6 Å². The van der Waals surface area contributed by atoms with E-state index in [-0.39, 0.29) is 11.0 Å². The maximum absolute atomic E-state index is 12.8. The number of carbonyl (C=O) groups is 1. The van der Waals surface area contributed by atoms with Gasteiger partial charge in [-0.1, -0.05) is 52.3 Å². The number of thiocarbonyl (C=S) groups is 1. The molecule has 3 aromatic carbocycles. The van der Waals surface area contributed by atoms with Crippen molar-refractivity contribution in [3.63, 3.8) is 0 Å². The molecule has 0 spiro atoms. The normalized spacial score (nSPS) is 10.9. The third kappa shape index (κ3) is 4.59. The molecule has 7 heteroatoms. The Morgan fingerprint density at radius 3 is 2.41 bits per heavy atom. The molecule has 32 heavy (non-hydrogen) atoms. The van der Waals surface area contributed by atoms with Crippen LogP contribution in [0.2, 0.25) is 0 Å². The summed E-state index contributed by atoms with van der Waals surface area (Å²) >= 11 is 8.91. The lowest BCUT2D eigenvalue weighted by Crippen LogP contribution is -2.34. The van der Waals surface area contributed by atoms with E-state index >= 15 is 0 Å². The van der Waals surface area contributed by atoms with Crippen LogP contribution in [0.1, 0.15) is 32.9 Å². The van der Waals surface area contributed by atoms with Gasteiger partial charge in [-0.15, -0.1) is 0 Å². The fourth-order valence-electron chi connectivity index (χ4n) is 3.79. The van der Waals surface area contributed by atoms with Crippen LogP contribution in [0.4, 0.5) is 5.69 Å². The summed E-state index contributed by atoms with van der Waals surface area (Å²) in [4.78, 5) is 12.8. The lowest BCUT2D eigenvalue weighted by molar-refractivity contribution is 0.0979. The summed E-state index contributed by atoms with van der Waals surface area (Å²) in [5.74, 6) is -0.245. The molecule has 0 aliphatic rings. The minimum absolute atomic E-state index is 0.245. The first-order valence-electron chi connectivity index (χ1n) is 10.2. The van der Waals surface area contributed by atoms with Gasteiger partial charge in [0.2, 0.25) is 0 Å². The summed E-state index contributed by atoms with van der Waals surface area (Å²) in [5.41, 5.74) is 6.05. The highest BCUT2D eigenvalue weighted by Crippen LogP contribution is 2.26. The summed E-state index contributed by atoms with van der Waals surface area (Å²) in [5, 5.41) is 12.5. The predicted octanol–water partition coefficient (Wildman–Crippen LogP) is 5.67. The smallest absolute Gasteiger partial charge is 0.258 e. The van der Waals surface area contributed by atoms with E-state index in [4.69, 9.17) is 12.2 Å². The number of nitrogens with one attached hydrogen (secondary N) is 2. The Bertz CT molecular complexity index is 1330. The molecule has 4 aromatic rings. The van der Waals surface area contributed by atoms with Crippen LogP contribution in [0.3, 0.4) is 0 Å². The van der Waals surface area contributed by atoms with E-state index < -0.39 is 0 Å². The van der Waals surface area contributed by atoms with Gasteiger partial charge >= 0.3 is 0 Å². The Hall–Kier alpha value is -3.03. The maximum atomic E-state index is 12.8. The predicted molar refractivity (Wildman–Crippen MR) is 137 cm³/mol. The zero-order chi connectivity index (χ0) is 22.8. The first kappa shape index (κ1) is 22.2. The molecule has 1 amide bonds. The van der Waals surface area contributed by atoms with Crippen LogP contribution in [0, 0.1) is 13.8 Å². The number of benzene rings is 3. The van der Waals surface area contributed by atoms with Crippen molar-refractivity contribution in [1.29, 1.82) is 0 Å². The largest absolute Gasteiger partial charge is 0.332 e. The molecule has 0 radical (unpaired) electrons. The fourth-order valence-corrected chi connectivity index (χ4v) is 4.49. The molecule has 0 aliphatic heterocycles. The molecule has 0 saturated heterocycles. The van der Waals surface area contributed by atoms with Gasteiger partial charge < -0.3 is 5.32 Å². The van der Waals surface area contributed by atoms with Gasteiger partial charge in [-0.05, 0) is 66.7 Å². The monoisotopic (exact) mass is 506 g/mol. The molecule has 0 atom stereocenters. The number of rotatable bonds is 4. The Morgan fingerprint density at radius 2 is 1.72 bits per heavy atom. The Balaban J connectivity index is 1.42. The average molecular weight is 507 g/mol. The molecule has 0 bridgehead atoms. The third-order valence-electron chi connectivity index (χ3n) is 5.59. The van der Waals surface area contributed by atoms with Crippen molar-refractivity contribution < 1.29 is 4.79 Å². The lowest BCUT2D eigenvalue weighted by atomic mass is 10.0. The van der Waals surface area contributed by atoms with Crippen molar-refractivity contribution >= 4 is 55.6 Å². The van der Waals surface area contributed by atoms with Gasteiger partial charge in [-0.3, -0.25) is 14.8 Å². The maximum Gasteiger partial charge on any atom is 0.258 e. The van der Waals surface area contributed by atoms with Crippen molar-refractivity contribution in [3.05, 3.63) is 93.2 Å². The van der Waals surface area contributed by atoms with Crippen LogP contribution in [0.5, 0.6) is 0 Å². The van der Waals surface area contributed by atoms with E-state index in [0.717, 1.165) is 33.0 Å². The zero-order valence-electron chi connectivity index (χ0n) is 18.1. The number of aryl methyl sites for hydroxylation is 2. The number of nitrogens with zero attached hydrogens (tertiary/aromatic N) is 2. The third-order valence-corrected chi connectivity index (χ3v) is 6.49. The highest BCUT2D eigenvalue weighted by Gasteiger charge is 2.13. The molecule has 4 rings (SSSR count). The molecule has 0 fully saturated rings. The van der Waals surface area contributed by atoms with Gasteiger partial charge in [-0.2, -0.15) is 5.10 Å². The molecule has 162 valence electrons. The number of fused-ring (bicyclic) bond motifs is 1. The van der Waals surface area contributed by atoms with Gasteiger partial charge in [0.25, 0.3) is 5.91 Å². The minimum atomic E-state index is -0.245. The van der Waals surface area contributed by atoms with Crippen molar-refractivity contribution in [2.45, 2.75) is 20.3 Å². The summed E-state index contributed by atoms with van der Waals surface area (Å²) in [6, 6.07) is 19.5. The van der Waals surface area contributed by atoms with E-state index in [9.17, 15) is 4.79 Å². The molecule has 0 saturated carbocycles. The number of carbonyl (C=O) groups excluding carboxylic acids is 1. The van der Waals surface area contributed by atoms with Gasteiger partial charge in [-0.25, -0.2) is 0 Å². The van der Waals surface area contributed by atoms with E-state index in [2.05, 4.69) is 50.7 Å². The van der Waals surface area contributed by atoms with Crippen molar-refractivity contribution in [3.8, 4) is 0 Å². The summed E-state index contributed by atoms with van der Waals surface area (Å²) < 4.78 is 2.86. The molecule has 1 aromatic heterocycles. The number of amides is 1. The number of hydrogen-bond acceptors (Lipinski definition) is 3. The molecule has 2 N–H and O–H groups in total. The molecular formula is C25H23BrN4OS. The first-order chi connectivity index (χ1) is 15.3. The second kappa shape index (κ2) is 9.22. The highest BCUT2D eigenvalue weighted by atomic mass is 79.9. The van der Waals surface area contributed by atoms with Gasteiger partial charge in [0.05, 0.1) is 5.69 Å². The lowest BCUT2D eigenvalue weighted by Gasteiger charge is -2.12. The second-order valence-corrected chi connectivity index (χ2v) is 8.96. The summed E-state index contributed by atoms with van der Waals surface area (Å²) in [7, 11) is 1.96. The fraction of sp³-hybridized carbons (Fsp3) is 0.160. The molecule has 0 unspecified atom stereocenters. The van der Waals surface area contributed by atoms with E-state index in [1.165, 1.54) is 16.8 Å². The molecule has 0 aliphatic carbocycles. The first-order valence-corrected chi connectivity index (χ1v) is 11.4. The topological polar surface area (TPSA) is 59.0 Å². The summed E-state index contributed by atoms with van der Waals surface area (Å²) in [6.07, 6.45) is 0.823. The van der Waals surface area contributed by atoms with Gasteiger partial charge in [0.1, 0.15) is 0 Å². The van der Waals surface area contributed by atoms with Crippen LogP contribution in [0.25, 0.3) is 10.8 Å². The minimum Gasteiger partial charge on any atom is -0.332 e. The standard InChI is InChI=1S/C25H23BrN4OS/c1-15-22(16(2)30(3)29-15)14-17-10-12-18(13-11-17)27-25(32)28-24(31)21-8-4-7-20-19(21)6-5-9-23(20)26/h4-13H,14H2,1-3H3,(H2,27,28,31,32). The van der Waals surface area contributed by atoms with Crippen LogP contribution >= 0.6 is 28.1 Å². The van der Waals surface area contributed by atoms with Crippen molar-refractivity contribution in [2.75, 3.05) is 5.32 Å². The molecule has 1 heterocycles. The van der Waals surface area contributed by atoms with E-state index in [1.807, 2.05) is 61.1 Å². The van der Waals surface area contributed by atoms with Crippen molar-refractivity contribution in [1.82, 2.24) is 15.1 Å². The van der Waals surface area contributed by atoms with E-state index in [1.54, 1.807) is 6.07 Å². The average Bonchev–Trinajstić information content (AvgIpc) is 3.01. The van der Waals surface area contributed by atoms with Gasteiger partial charge in [0.15, 0.2) is 5.11 Å². The quantitative estimate of drug-likeness (QED) is 0.350. The SMILES string of the molecule is Cc1nn(C)c(C)c1Cc1ccc(NC(=S)NC(=O)c2cccc3c(Br)cccc23)cc1. The van der Waals surface area contributed by atoms with E-state index in [0.29, 0.717) is 5.56 Å². The summed E-state index contributed by atoms with van der Waals surface area (Å²) in [6.45, 7) is 4.12. The highest BCUT2D eigenvalue weighted by molar-refractivity contribution is 9.10. The number of aromatic nitrogens is 2. The van der Waals surface area contributed by atoms with Gasteiger partial charge in [0, 0.05) is 40.4 Å².